The van der Waals surface area contributed by atoms with Gasteiger partial charge in [-0.3, -0.25) is 14.4 Å². The Morgan fingerprint density at radius 3 is 2.43 bits per heavy atom. The third kappa shape index (κ3) is 7.86. The Morgan fingerprint density at radius 2 is 1.75 bits per heavy atom. The van der Waals surface area contributed by atoms with Gasteiger partial charge in [0.1, 0.15) is 11.3 Å². The van der Waals surface area contributed by atoms with Crippen LogP contribution in [-0.4, -0.2) is 49.3 Å². The lowest BCUT2D eigenvalue weighted by molar-refractivity contribution is -0.126. The van der Waals surface area contributed by atoms with Crippen molar-refractivity contribution in [3.8, 4) is 23.3 Å². The number of aryl methyl sites for hydroxylation is 1. The van der Waals surface area contributed by atoms with Crippen LogP contribution in [0.15, 0.2) is 71.5 Å². The lowest BCUT2D eigenvalue weighted by Gasteiger charge is -2.35. The number of nitriles is 1. The molecule has 1 aromatic heterocycles. The van der Waals surface area contributed by atoms with Gasteiger partial charge in [0, 0.05) is 31.7 Å². The number of anilines is 1. The van der Waals surface area contributed by atoms with Gasteiger partial charge in [0.25, 0.3) is 11.5 Å². The van der Waals surface area contributed by atoms with E-state index in [2.05, 4.69) is 11.4 Å². The van der Waals surface area contributed by atoms with Gasteiger partial charge in [-0.1, -0.05) is 41.9 Å². The van der Waals surface area contributed by atoms with Gasteiger partial charge in [-0.15, -0.1) is 0 Å². The van der Waals surface area contributed by atoms with Crippen molar-refractivity contribution < 1.29 is 23.8 Å². The molecule has 2 saturated carbocycles. The van der Waals surface area contributed by atoms with Crippen LogP contribution in [0.5, 0.6) is 17.2 Å². The summed E-state index contributed by atoms with van der Waals surface area (Å²) in [5.74, 6) is 0.713. The van der Waals surface area contributed by atoms with Crippen LogP contribution in [0.4, 0.5) is 5.69 Å². The summed E-state index contributed by atoms with van der Waals surface area (Å²) < 4.78 is 19.5. The van der Waals surface area contributed by atoms with Crippen molar-refractivity contribution in [1.82, 2.24) is 9.88 Å². The predicted molar refractivity (Wildman–Crippen MR) is 206 cm³/mol. The summed E-state index contributed by atoms with van der Waals surface area (Å²) in [4.78, 5) is 42.6. The van der Waals surface area contributed by atoms with Crippen LogP contribution < -0.4 is 30.0 Å². The van der Waals surface area contributed by atoms with Gasteiger partial charge in [0.05, 0.1) is 47.2 Å². The van der Waals surface area contributed by atoms with Gasteiger partial charge in [-0.25, -0.2) is 0 Å². The third-order valence-electron chi connectivity index (χ3n) is 10.8. The zero-order valence-corrected chi connectivity index (χ0v) is 31.4. The molecule has 0 radical (unpaired) electrons. The molecule has 0 unspecified atom stereocenters. The molecule has 0 bridgehead atoms. The van der Waals surface area contributed by atoms with Gasteiger partial charge in [0.2, 0.25) is 5.91 Å². The van der Waals surface area contributed by atoms with Crippen molar-refractivity contribution in [2.24, 2.45) is 13.0 Å². The summed E-state index contributed by atoms with van der Waals surface area (Å²) in [7, 11) is 3.24. The molecule has 6 rings (SSSR count). The Morgan fingerprint density at radius 1 is 1.02 bits per heavy atom. The number of hydrogen-bond acceptors (Lipinski definition) is 7. The molecule has 11 heteroatoms. The summed E-state index contributed by atoms with van der Waals surface area (Å²) in [6.45, 7) is 2.66. The topological polar surface area (TPSA) is 123 Å². The molecule has 10 nitrogen and oxygen atoms in total. The van der Waals surface area contributed by atoms with Gasteiger partial charge in [-0.2, -0.15) is 5.26 Å². The average molecular weight is 739 g/mol. The molecule has 2 aliphatic rings. The Kier molecular flexibility index (Phi) is 11.9. The van der Waals surface area contributed by atoms with Crippen LogP contribution in [0.2, 0.25) is 5.02 Å². The third-order valence-corrected chi connectivity index (χ3v) is 11.1. The maximum absolute atomic E-state index is 14.1. The lowest BCUT2D eigenvalue weighted by Crippen LogP contribution is -2.38. The van der Waals surface area contributed by atoms with Crippen LogP contribution in [0.25, 0.3) is 10.9 Å². The number of methoxy groups -OCH3 is 1. The maximum Gasteiger partial charge on any atom is 0.267 e. The predicted octanol–water partition coefficient (Wildman–Crippen LogP) is 7.73. The normalized spacial score (nSPS) is 18.7. The number of rotatable bonds is 13. The quantitative estimate of drug-likeness (QED) is 0.139. The standard InChI is InChI=1S/C42H47ClN4O6/c1-4-47(30-12-6-5-7-13-30)41(50)37-38(36-32(43)16-10-17-33(36)46(2)40(37)49)52-25-11-24-45-39(48)28-20-22-42(27-44,23-21-28)29-18-19-34(51-3)35(26-29)53-31-14-8-9-15-31/h5-7,10,12-13,16-19,26,28,31H,4,8-9,11,14-15,20-25H2,1-3H3,(H,45,48)/t28-,42-. The molecule has 2 fully saturated rings. The molecule has 53 heavy (non-hydrogen) atoms. The second kappa shape index (κ2) is 16.8. The smallest absolute Gasteiger partial charge is 0.267 e. The number of aromatic nitrogens is 1. The number of pyridine rings is 1. The molecule has 3 aromatic carbocycles. The number of benzene rings is 3. The first-order chi connectivity index (χ1) is 25.7. The monoisotopic (exact) mass is 738 g/mol. The van der Waals surface area contributed by atoms with Crippen molar-refractivity contribution in [3.05, 3.63) is 93.2 Å². The van der Waals surface area contributed by atoms with Gasteiger partial charge in [0.15, 0.2) is 11.5 Å². The number of nitrogens with one attached hydrogen (secondary N) is 1. The van der Waals surface area contributed by atoms with Gasteiger partial charge >= 0.3 is 0 Å². The first-order valence-corrected chi connectivity index (χ1v) is 18.9. The minimum Gasteiger partial charge on any atom is -0.493 e. The van der Waals surface area contributed by atoms with Crippen LogP contribution in [0.1, 0.15) is 80.6 Å². The number of hydrogen-bond donors (Lipinski definition) is 1. The van der Waals surface area contributed by atoms with Crippen molar-refractivity contribution in [2.75, 3.05) is 31.7 Å². The number of carbonyl (C=O) groups excluding carboxylic acids is 2. The summed E-state index contributed by atoms with van der Waals surface area (Å²) >= 11 is 6.68. The van der Waals surface area contributed by atoms with E-state index in [0.29, 0.717) is 78.3 Å². The van der Waals surface area contributed by atoms with Gasteiger partial charge < -0.3 is 29.0 Å². The minimum atomic E-state index is -0.704. The minimum absolute atomic E-state index is 0.0593. The fourth-order valence-corrected chi connectivity index (χ4v) is 7.98. The molecular weight excluding hydrogens is 692 g/mol. The number of halogens is 1. The highest BCUT2D eigenvalue weighted by molar-refractivity contribution is 6.36. The fourth-order valence-electron chi connectivity index (χ4n) is 7.73. The second-order valence-electron chi connectivity index (χ2n) is 13.9. The molecule has 2 amide bonds. The number of para-hydroxylation sites is 1. The number of amides is 2. The van der Waals surface area contributed by atoms with Crippen LogP contribution in [-0.2, 0) is 17.3 Å². The Labute approximate surface area is 315 Å². The van der Waals surface area contributed by atoms with Crippen molar-refractivity contribution in [1.29, 1.82) is 5.26 Å². The van der Waals surface area contributed by atoms with Crippen LogP contribution in [0.3, 0.4) is 0 Å². The summed E-state index contributed by atoms with van der Waals surface area (Å²) in [6.07, 6.45) is 7.22. The Hall–Kier alpha value is -5.01. The van der Waals surface area contributed by atoms with Gasteiger partial charge in [-0.05, 0) is 107 Å². The zero-order chi connectivity index (χ0) is 37.5. The molecule has 0 spiro atoms. The van der Waals surface area contributed by atoms with Crippen LogP contribution >= 0.6 is 11.6 Å². The number of nitrogens with zero attached hydrogens (tertiary/aromatic N) is 3. The molecular formula is C42H47ClN4O6. The first kappa shape index (κ1) is 37.7. The van der Waals surface area contributed by atoms with E-state index in [0.717, 1.165) is 31.2 Å². The highest BCUT2D eigenvalue weighted by Crippen LogP contribution is 2.44. The molecule has 278 valence electrons. The average Bonchev–Trinajstić information content (AvgIpc) is 3.70. The molecule has 0 atom stereocenters. The Balaban J connectivity index is 1.10. The molecule has 1 heterocycles. The van der Waals surface area contributed by atoms with E-state index in [1.807, 2.05) is 55.5 Å². The fraction of sp³-hybridized carbons (Fsp3) is 0.429. The van der Waals surface area contributed by atoms with Crippen molar-refractivity contribution in [2.45, 2.75) is 76.2 Å². The van der Waals surface area contributed by atoms with Crippen molar-refractivity contribution in [3.63, 3.8) is 0 Å². The van der Waals surface area contributed by atoms with E-state index < -0.39 is 16.9 Å². The maximum atomic E-state index is 14.1. The van der Waals surface area contributed by atoms with E-state index >= 15 is 0 Å². The second-order valence-corrected chi connectivity index (χ2v) is 14.3. The number of fused-ring (bicyclic) bond motifs is 1. The number of carbonyl (C=O) groups is 2. The largest absolute Gasteiger partial charge is 0.493 e. The highest BCUT2D eigenvalue weighted by Gasteiger charge is 2.40. The lowest BCUT2D eigenvalue weighted by atomic mass is 9.67. The van der Waals surface area contributed by atoms with E-state index in [1.54, 1.807) is 32.4 Å². The highest BCUT2D eigenvalue weighted by atomic mass is 35.5. The van der Waals surface area contributed by atoms with Crippen LogP contribution in [0, 0.1) is 17.2 Å². The Bertz CT molecular complexity index is 2040. The summed E-state index contributed by atoms with van der Waals surface area (Å²) in [6, 6.07) is 22.8. The zero-order valence-electron chi connectivity index (χ0n) is 30.7. The SMILES string of the molecule is CCN(C(=O)c1c(OCCCNC(=O)[C@H]2CC[C@](C#N)(c3ccc(OC)c(OC4CCCC4)c3)CC2)c2c(Cl)cccc2n(C)c1=O)c1ccccc1. The molecule has 0 saturated heterocycles. The molecule has 2 aliphatic carbocycles. The summed E-state index contributed by atoms with van der Waals surface area (Å²) in [5.41, 5.74) is 0.817. The van der Waals surface area contributed by atoms with E-state index in [9.17, 15) is 19.6 Å². The van der Waals surface area contributed by atoms with E-state index in [4.69, 9.17) is 25.8 Å². The number of ether oxygens (including phenoxy) is 3. The molecule has 0 aliphatic heterocycles. The van der Waals surface area contributed by atoms with E-state index in [1.165, 1.54) is 9.47 Å². The molecule has 1 N–H and O–H groups in total. The van der Waals surface area contributed by atoms with E-state index in [-0.39, 0.29) is 35.8 Å². The van der Waals surface area contributed by atoms with Crippen molar-refractivity contribution >= 4 is 40.0 Å². The molecule has 4 aromatic rings. The summed E-state index contributed by atoms with van der Waals surface area (Å²) in [5, 5.41) is 14.3. The first-order valence-electron chi connectivity index (χ1n) is 18.6.